The number of hydrogen-bond acceptors (Lipinski definition) is 5. The lowest BCUT2D eigenvalue weighted by atomic mass is 9.99. The van der Waals surface area contributed by atoms with Crippen LogP contribution >= 0.6 is 0 Å². The zero-order valence-electron chi connectivity index (χ0n) is 24.8. The van der Waals surface area contributed by atoms with Gasteiger partial charge in [-0.15, -0.1) is 0 Å². The van der Waals surface area contributed by atoms with Crippen molar-refractivity contribution in [2.75, 3.05) is 0 Å². The lowest BCUT2D eigenvalue weighted by Crippen LogP contribution is -1.96. The molecule has 0 fully saturated rings. The summed E-state index contributed by atoms with van der Waals surface area (Å²) in [5, 5.41) is 1.12. The Morgan fingerprint density at radius 3 is 1.46 bits per heavy atom. The van der Waals surface area contributed by atoms with E-state index in [0.29, 0.717) is 5.82 Å². The minimum Gasteiger partial charge on any atom is -0.256 e. The number of benzene rings is 4. The highest BCUT2D eigenvalue weighted by molar-refractivity contribution is 5.94. The second-order valence-electron chi connectivity index (χ2n) is 11.0. The zero-order valence-corrected chi connectivity index (χ0v) is 24.8. The standard InChI is InChI=1S/C41H27N5/c1-3-22-42-36(15-1)30-9-5-11-32(25-30)39-27-40(33-12-6-10-31(26-33)37-16-2-4-23-43-37)46-41(45-39)29-20-18-28(19-21-29)34-13-7-17-38-35(34)14-8-24-44-38/h1-27H. The van der Waals surface area contributed by atoms with Gasteiger partial charge < -0.3 is 0 Å². The minimum atomic E-state index is 0.658. The maximum absolute atomic E-state index is 5.11. The minimum absolute atomic E-state index is 0.658. The first-order valence-corrected chi connectivity index (χ1v) is 15.2. The lowest BCUT2D eigenvalue weighted by molar-refractivity contribution is 1.18. The van der Waals surface area contributed by atoms with E-state index in [0.717, 1.165) is 72.6 Å². The molecule has 216 valence electrons. The highest BCUT2D eigenvalue weighted by Crippen LogP contribution is 2.33. The van der Waals surface area contributed by atoms with Crippen LogP contribution in [0.2, 0.25) is 0 Å². The normalized spacial score (nSPS) is 11.0. The second kappa shape index (κ2) is 12.0. The van der Waals surface area contributed by atoms with Crippen LogP contribution in [0, 0.1) is 0 Å². The van der Waals surface area contributed by atoms with Crippen molar-refractivity contribution in [2.24, 2.45) is 0 Å². The Morgan fingerprint density at radius 2 is 0.870 bits per heavy atom. The first-order valence-electron chi connectivity index (χ1n) is 15.2. The topological polar surface area (TPSA) is 64.5 Å². The van der Waals surface area contributed by atoms with Crippen molar-refractivity contribution in [3.63, 3.8) is 0 Å². The van der Waals surface area contributed by atoms with Crippen molar-refractivity contribution < 1.29 is 0 Å². The van der Waals surface area contributed by atoms with Gasteiger partial charge in [-0.25, -0.2) is 9.97 Å². The van der Waals surface area contributed by atoms with Crippen LogP contribution in [0.15, 0.2) is 164 Å². The van der Waals surface area contributed by atoms with Crippen molar-refractivity contribution in [1.82, 2.24) is 24.9 Å². The molecule has 0 unspecified atom stereocenters. The van der Waals surface area contributed by atoms with Crippen LogP contribution in [0.5, 0.6) is 0 Å². The Kier molecular flexibility index (Phi) is 7.09. The van der Waals surface area contributed by atoms with E-state index in [1.165, 1.54) is 0 Å². The van der Waals surface area contributed by atoms with Crippen molar-refractivity contribution in [1.29, 1.82) is 0 Å². The van der Waals surface area contributed by atoms with Crippen molar-refractivity contribution in [2.45, 2.75) is 0 Å². The lowest BCUT2D eigenvalue weighted by Gasteiger charge is -2.12. The number of aromatic nitrogens is 5. The number of hydrogen-bond donors (Lipinski definition) is 0. The van der Waals surface area contributed by atoms with Gasteiger partial charge >= 0.3 is 0 Å². The molecule has 0 saturated carbocycles. The largest absolute Gasteiger partial charge is 0.256 e. The molecular weight excluding hydrogens is 562 g/mol. The predicted octanol–water partition coefficient (Wildman–Crippen LogP) is 9.82. The molecule has 5 heteroatoms. The van der Waals surface area contributed by atoms with E-state index in [1.54, 1.807) is 0 Å². The highest BCUT2D eigenvalue weighted by Gasteiger charge is 2.13. The van der Waals surface area contributed by atoms with Gasteiger partial charge in [0.15, 0.2) is 5.82 Å². The average molecular weight is 590 g/mol. The SMILES string of the molecule is c1ccc(-c2cccc(-c3cc(-c4cccc(-c5ccccn5)c4)nc(-c4ccc(-c5cccc6ncccc56)cc4)n3)c2)nc1. The highest BCUT2D eigenvalue weighted by atomic mass is 14.9. The smallest absolute Gasteiger partial charge is 0.160 e. The Balaban J connectivity index is 1.25. The van der Waals surface area contributed by atoms with E-state index in [-0.39, 0.29) is 0 Å². The van der Waals surface area contributed by atoms with Gasteiger partial charge in [-0.05, 0) is 65.7 Å². The van der Waals surface area contributed by atoms with Crippen LogP contribution in [-0.4, -0.2) is 24.9 Å². The predicted molar refractivity (Wildman–Crippen MR) is 186 cm³/mol. The molecular formula is C41H27N5. The molecule has 0 atom stereocenters. The van der Waals surface area contributed by atoms with E-state index in [2.05, 4.69) is 112 Å². The molecule has 0 aliphatic rings. The molecule has 0 N–H and O–H groups in total. The van der Waals surface area contributed by atoms with Gasteiger partial charge in [0.05, 0.1) is 28.3 Å². The number of rotatable bonds is 6. The summed E-state index contributed by atoms with van der Waals surface area (Å²) in [6, 6.07) is 49.5. The molecule has 4 aromatic heterocycles. The van der Waals surface area contributed by atoms with Crippen LogP contribution < -0.4 is 0 Å². The van der Waals surface area contributed by atoms with Crippen LogP contribution in [0.4, 0.5) is 0 Å². The van der Waals surface area contributed by atoms with Crippen molar-refractivity contribution >= 4 is 10.9 Å². The summed E-state index contributed by atoms with van der Waals surface area (Å²) >= 11 is 0. The maximum Gasteiger partial charge on any atom is 0.160 e. The summed E-state index contributed by atoms with van der Waals surface area (Å²) < 4.78 is 0. The molecule has 8 rings (SSSR count). The molecule has 0 radical (unpaired) electrons. The maximum atomic E-state index is 5.11. The van der Waals surface area contributed by atoms with Crippen LogP contribution in [0.25, 0.3) is 78.4 Å². The van der Waals surface area contributed by atoms with E-state index >= 15 is 0 Å². The monoisotopic (exact) mass is 589 g/mol. The Hall–Kier alpha value is -6.33. The van der Waals surface area contributed by atoms with E-state index in [9.17, 15) is 0 Å². The van der Waals surface area contributed by atoms with Crippen molar-refractivity contribution in [3.8, 4) is 67.5 Å². The quantitative estimate of drug-likeness (QED) is 0.193. The average Bonchev–Trinajstić information content (AvgIpc) is 3.15. The fourth-order valence-electron chi connectivity index (χ4n) is 5.77. The van der Waals surface area contributed by atoms with E-state index in [4.69, 9.17) is 9.97 Å². The molecule has 0 aliphatic carbocycles. The van der Waals surface area contributed by atoms with E-state index in [1.807, 2.05) is 67.1 Å². The van der Waals surface area contributed by atoms with Crippen molar-refractivity contribution in [3.05, 3.63) is 164 Å². The molecule has 0 bridgehead atoms. The molecule has 4 aromatic carbocycles. The summed E-state index contributed by atoms with van der Waals surface area (Å²) in [4.78, 5) is 23.9. The molecule has 0 saturated heterocycles. The second-order valence-corrected chi connectivity index (χ2v) is 11.0. The van der Waals surface area contributed by atoms with Gasteiger partial charge in [-0.3, -0.25) is 15.0 Å². The Bertz CT molecular complexity index is 2190. The summed E-state index contributed by atoms with van der Waals surface area (Å²) in [6.45, 7) is 0. The number of fused-ring (bicyclic) bond motifs is 1. The first-order chi connectivity index (χ1) is 22.8. The third-order valence-electron chi connectivity index (χ3n) is 8.06. The molecule has 0 spiro atoms. The van der Waals surface area contributed by atoms with Gasteiger partial charge in [0.2, 0.25) is 0 Å². The Labute approximate surface area is 267 Å². The molecule has 4 heterocycles. The van der Waals surface area contributed by atoms with Crippen LogP contribution in [0.1, 0.15) is 0 Å². The molecule has 46 heavy (non-hydrogen) atoms. The first kappa shape index (κ1) is 27.2. The molecule has 0 aliphatic heterocycles. The summed E-state index contributed by atoms with van der Waals surface area (Å²) in [6.07, 6.45) is 5.46. The van der Waals surface area contributed by atoms with Gasteiger partial charge in [0, 0.05) is 51.8 Å². The third-order valence-corrected chi connectivity index (χ3v) is 8.06. The van der Waals surface area contributed by atoms with Gasteiger partial charge in [-0.2, -0.15) is 0 Å². The van der Waals surface area contributed by atoms with E-state index < -0.39 is 0 Å². The summed E-state index contributed by atoms with van der Waals surface area (Å²) in [5.41, 5.74) is 11.7. The third kappa shape index (κ3) is 5.42. The molecule has 8 aromatic rings. The van der Waals surface area contributed by atoms with Crippen LogP contribution in [-0.2, 0) is 0 Å². The molecule has 5 nitrogen and oxygen atoms in total. The van der Waals surface area contributed by atoms with Gasteiger partial charge in [0.25, 0.3) is 0 Å². The zero-order chi connectivity index (χ0) is 30.7. The summed E-state index contributed by atoms with van der Waals surface area (Å²) in [5.74, 6) is 0.658. The van der Waals surface area contributed by atoms with Crippen LogP contribution in [0.3, 0.4) is 0 Å². The Morgan fingerprint density at radius 1 is 0.326 bits per heavy atom. The molecule has 0 amide bonds. The van der Waals surface area contributed by atoms with Gasteiger partial charge in [0.1, 0.15) is 0 Å². The summed E-state index contributed by atoms with van der Waals surface area (Å²) in [7, 11) is 0. The number of nitrogens with zero attached hydrogens (tertiary/aromatic N) is 5. The fourth-order valence-corrected chi connectivity index (χ4v) is 5.77. The van der Waals surface area contributed by atoms with Gasteiger partial charge in [-0.1, -0.05) is 91.0 Å². The fraction of sp³-hybridized carbons (Fsp3) is 0. The number of pyridine rings is 3.